The topological polar surface area (TPSA) is 97.7 Å². The standard InChI is InChI=1S/C24H36O6/c1-3-5-10-18(17-25)11-9-12-19-15-16-21(26)20(19)13-7-6-8-14-22(27)23(28)24(29)30-4-2/h6-7,9,12,17-20,23,28H,3-5,8,10-11,13-16H2,1-2H3/t18-,19-,20+,23?/m0/s1. The van der Waals surface area contributed by atoms with E-state index in [1.807, 2.05) is 18.2 Å². The van der Waals surface area contributed by atoms with E-state index in [-0.39, 0.29) is 36.6 Å². The molecule has 6 nitrogen and oxygen atoms in total. The number of aldehydes is 1. The lowest BCUT2D eigenvalue weighted by Crippen LogP contribution is -2.31. The van der Waals surface area contributed by atoms with Gasteiger partial charge in [0.15, 0.2) is 5.78 Å². The maximum Gasteiger partial charge on any atom is 0.342 e. The van der Waals surface area contributed by atoms with E-state index >= 15 is 0 Å². The molecule has 0 amide bonds. The van der Waals surface area contributed by atoms with Gasteiger partial charge in [0.1, 0.15) is 12.1 Å². The van der Waals surface area contributed by atoms with E-state index in [0.717, 1.165) is 38.4 Å². The molecule has 168 valence electrons. The maximum absolute atomic E-state index is 12.2. The molecule has 6 heteroatoms. The van der Waals surface area contributed by atoms with Gasteiger partial charge in [0.05, 0.1) is 6.61 Å². The third kappa shape index (κ3) is 9.16. The molecule has 1 fully saturated rings. The first-order valence-corrected chi connectivity index (χ1v) is 11.1. The van der Waals surface area contributed by atoms with Crippen molar-refractivity contribution in [3.8, 4) is 0 Å². The van der Waals surface area contributed by atoms with Gasteiger partial charge in [0.2, 0.25) is 6.10 Å². The Balaban J connectivity index is 2.43. The third-order valence-electron chi connectivity index (χ3n) is 5.53. The molecule has 0 saturated heterocycles. The van der Waals surface area contributed by atoms with Crippen LogP contribution in [-0.4, -0.2) is 41.6 Å². The Morgan fingerprint density at radius 1 is 1.23 bits per heavy atom. The molecule has 0 aromatic heterocycles. The van der Waals surface area contributed by atoms with Crippen LogP contribution in [0.25, 0.3) is 0 Å². The number of carbonyl (C=O) groups excluding carboxylic acids is 4. The molecule has 0 aliphatic heterocycles. The highest BCUT2D eigenvalue weighted by Crippen LogP contribution is 2.33. The van der Waals surface area contributed by atoms with Crippen molar-refractivity contribution in [3.05, 3.63) is 24.3 Å². The average Bonchev–Trinajstić information content (AvgIpc) is 3.09. The molecular weight excluding hydrogens is 384 g/mol. The predicted octanol–water partition coefficient (Wildman–Crippen LogP) is 3.75. The van der Waals surface area contributed by atoms with Crippen LogP contribution in [0, 0.1) is 17.8 Å². The Bertz CT molecular complexity index is 621. The summed E-state index contributed by atoms with van der Waals surface area (Å²) in [6.07, 6.45) is 13.4. The number of ketones is 2. The van der Waals surface area contributed by atoms with E-state index in [2.05, 4.69) is 17.7 Å². The van der Waals surface area contributed by atoms with Crippen LogP contribution in [0.4, 0.5) is 0 Å². The van der Waals surface area contributed by atoms with Crippen LogP contribution in [0.15, 0.2) is 24.3 Å². The molecule has 1 unspecified atom stereocenters. The van der Waals surface area contributed by atoms with Gasteiger partial charge in [-0.15, -0.1) is 0 Å². The molecule has 0 heterocycles. The number of esters is 1. The van der Waals surface area contributed by atoms with Gasteiger partial charge in [-0.1, -0.05) is 44.1 Å². The first-order chi connectivity index (χ1) is 14.4. The summed E-state index contributed by atoms with van der Waals surface area (Å²) in [5, 5.41) is 9.58. The SMILES string of the molecule is CCCC[C@H](C=O)CC=C[C@H]1CCC(=O)[C@@H]1CC=CCCC(=O)C(O)C(=O)OCC. The van der Waals surface area contributed by atoms with E-state index in [0.29, 0.717) is 19.3 Å². The number of aliphatic hydroxyl groups excluding tert-OH is 1. The minimum Gasteiger partial charge on any atom is -0.464 e. The summed E-state index contributed by atoms with van der Waals surface area (Å²) in [5.41, 5.74) is 0. The van der Waals surface area contributed by atoms with Crippen molar-refractivity contribution in [1.29, 1.82) is 0 Å². The van der Waals surface area contributed by atoms with Crippen LogP contribution in [-0.2, 0) is 23.9 Å². The monoisotopic (exact) mass is 420 g/mol. The zero-order valence-electron chi connectivity index (χ0n) is 18.3. The Labute approximate surface area is 179 Å². The number of hydrogen-bond acceptors (Lipinski definition) is 6. The van der Waals surface area contributed by atoms with Gasteiger partial charge < -0.3 is 14.6 Å². The first kappa shape index (κ1) is 26.0. The Hall–Kier alpha value is -2.08. The van der Waals surface area contributed by atoms with Crippen LogP contribution in [0.3, 0.4) is 0 Å². The minimum atomic E-state index is -1.73. The van der Waals surface area contributed by atoms with Crippen LogP contribution in [0.5, 0.6) is 0 Å². The molecule has 0 aromatic carbocycles. The van der Waals surface area contributed by atoms with Crippen molar-refractivity contribution >= 4 is 23.8 Å². The molecular formula is C24H36O6. The second kappa shape index (κ2) is 14.8. The van der Waals surface area contributed by atoms with E-state index in [9.17, 15) is 24.3 Å². The van der Waals surface area contributed by atoms with E-state index in [1.54, 1.807) is 6.92 Å². The zero-order chi connectivity index (χ0) is 22.4. The van der Waals surface area contributed by atoms with Crippen LogP contribution >= 0.6 is 0 Å². The molecule has 4 atom stereocenters. The van der Waals surface area contributed by atoms with Gasteiger partial charge in [-0.2, -0.15) is 0 Å². The molecule has 0 radical (unpaired) electrons. The van der Waals surface area contributed by atoms with Gasteiger partial charge in [0.25, 0.3) is 0 Å². The number of rotatable bonds is 15. The smallest absolute Gasteiger partial charge is 0.342 e. The highest BCUT2D eigenvalue weighted by Gasteiger charge is 2.31. The number of allylic oxidation sites excluding steroid dienone is 4. The number of ether oxygens (including phenoxy) is 1. The molecule has 0 aromatic rings. The summed E-state index contributed by atoms with van der Waals surface area (Å²) < 4.78 is 4.63. The van der Waals surface area contributed by atoms with Crippen LogP contribution in [0.2, 0.25) is 0 Å². The van der Waals surface area contributed by atoms with Crippen molar-refractivity contribution in [2.75, 3.05) is 6.61 Å². The summed E-state index contributed by atoms with van der Waals surface area (Å²) in [4.78, 5) is 46.5. The van der Waals surface area contributed by atoms with Crippen molar-refractivity contribution in [1.82, 2.24) is 0 Å². The summed E-state index contributed by atoms with van der Waals surface area (Å²) >= 11 is 0. The van der Waals surface area contributed by atoms with Crippen molar-refractivity contribution < 1.29 is 29.0 Å². The van der Waals surface area contributed by atoms with Gasteiger partial charge in [-0.3, -0.25) is 9.59 Å². The van der Waals surface area contributed by atoms with Crippen molar-refractivity contribution in [2.45, 2.75) is 77.7 Å². The fourth-order valence-corrected chi connectivity index (χ4v) is 3.68. The van der Waals surface area contributed by atoms with Gasteiger partial charge in [-0.25, -0.2) is 4.79 Å². The summed E-state index contributed by atoms with van der Waals surface area (Å²) in [5.74, 6) is -1.05. The Morgan fingerprint density at radius 2 is 2.00 bits per heavy atom. The normalized spacial score (nSPS) is 21.2. The largest absolute Gasteiger partial charge is 0.464 e. The lowest BCUT2D eigenvalue weighted by molar-refractivity contribution is -0.157. The second-order valence-electron chi connectivity index (χ2n) is 7.84. The molecule has 0 spiro atoms. The lowest BCUT2D eigenvalue weighted by Gasteiger charge is -2.13. The Kier molecular flexibility index (Phi) is 12.8. The molecule has 0 bridgehead atoms. The quantitative estimate of drug-likeness (QED) is 0.187. The van der Waals surface area contributed by atoms with Gasteiger partial charge >= 0.3 is 5.97 Å². The molecule has 1 N–H and O–H groups in total. The zero-order valence-corrected chi connectivity index (χ0v) is 18.3. The van der Waals surface area contributed by atoms with Gasteiger partial charge in [0, 0.05) is 24.7 Å². The van der Waals surface area contributed by atoms with E-state index in [1.165, 1.54) is 0 Å². The highest BCUT2D eigenvalue weighted by atomic mass is 16.5. The highest BCUT2D eigenvalue weighted by molar-refractivity contribution is 6.01. The van der Waals surface area contributed by atoms with Crippen LogP contribution in [0.1, 0.15) is 71.6 Å². The van der Waals surface area contributed by atoms with E-state index < -0.39 is 17.9 Å². The Morgan fingerprint density at radius 3 is 2.67 bits per heavy atom. The van der Waals surface area contributed by atoms with Crippen LogP contribution < -0.4 is 0 Å². The fraction of sp³-hybridized carbons (Fsp3) is 0.667. The summed E-state index contributed by atoms with van der Waals surface area (Å²) in [6, 6.07) is 0. The summed E-state index contributed by atoms with van der Waals surface area (Å²) in [7, 11) is 0. The molecule has 1 rings (SSSR count). The van der Waals surface area contributed by atoms with Crippen molar-refractivity contribution in [2.24, 2.45) is 17.8 Å². The molecule has 30 heavy (non-hydrogen) atoms. The molecule has 1 aliphatic rings. The number of hydrogen-bond donors (Lipinski definition) is 1. The lowest BCUT2D eigenvalue weighted by atomic mass is 9.90. The average molecular weight is 421 g/mol. The number of aliphatic hydroxyl groups is 1. The minimum absolute atomic E-state index is 0.0449. The number of Topliss-reactive ketones (excluding diaryl/α,β-unsaturated/α-hetero) is 2. The number of unbranched alkanes of at least 4 members (excludes halogenated alkanes) is 1. The van der Waals surface area contributed by atoms with Crippen molar-refractivity contribution in [3.63, 3.8) is 0 Å². The summed E-state index contributed by atoms with van der Waals surface area (Å²) in [6.45, 7) is 3.83. The molecule has 1 saturated carbocycles. The third-order valence-corrected chi connectivity index (χ3v) is 5.53. The maximum atomic E-state index is 12.2. The molecule has 1 aliphatic carbocycles. The first-order valence-electron chi connectivity index (χ1n) is 11.1. The predicted molar refractivity (Wildman–Crippen MR) is 115 cm³/mol. The number of carbonyl (C=O) groups is 4. The van der Waals surface area contributed by atoms with Gasteiger partial charge in [-0.05, 0) is 44.9 Å². The van der Waals surface area contributed by atoms with E-state index in [4.69, 9.17) is 0 Å². The second-order valence-corrected chi connectivity index (χ2v) is 7.84. The fourth-order valence-electron chi connectivity index (χ4n) is 3.68.